The average molecular weight is 455 g/mol. The quantitative estimate of drug-likeness (QED) is 0.540. The number of aromatic nitrogens is 1. The second-order valence-corrected chi connectivity index (χ2v) is 7.88. The molecule has 2 amide bonds. The first-order valence-electron chi connectivity index (χ1n) is 10.0. The monoisotopic (exact) mass is 454 g/mol. The van der Waals surface area contributed by atoms with Crippen molar-refractivity contribution in [1.29, 1.82) is 0 Å². The van der Waals surface area contributed by atoms with Crippen LogP contribution in [0.1, 0.15) is 46.9 Å². The number of nitrogens with two attached hydrogens (primary N) is 1. The van der Waals surface area contributed by atoms with Crippen LogP contribution in [0, 0.1) is 5.82 Å². The molecule has 166 valence electrons. The Balaban J connectivity index is 1.61. The molecule has 2 aromatic carbocycles. The van der Waals surface area contributed by atoms with Crippen molar-refractivity contribution in [2.75, 3.05) is 12.4 Å². The molecule has 2 unspecified atom stereocenters. The molecule has 2 atom stereocenters. The number of nitrogens with one attached hydrogen (secondary N) is 1. The Kier molecular flexibility index (Phi) is 7.56. The van der Waals surface area contributed by atoms with Gasteiger partial charge in [0, 0.05) is 48.2 Å². The standard InChI is InChI=1S/C24H24ClFN4O2/c1-15(20-8-7-18(26)13-21(20)25)30(2)23(31)14-22(27)16-3-5-17(6-4-16)24(32)29-19-9-11-28-12-10-19/h3-13,15,22H,14,27H2,1-2H3,(H,28,29,32). The predicted molar refractivity (Wildman–Crippen MR) is 123 cm³/mol. The van der Waals surface area contributed by atoms with Gasteiger partial charge in [-0.2, -0.15) is 0 Å². The molecule has 1 aromatic heterocycles. The van der Waals surface area contributed by atoms with E-state index in [0.29, 0.717) is 16.8 Å². The molecule has 3 rings (SSSR count). The molecule has 3 aromatic rings. The van der Waals surface area contributed by atoms with Crippen molar-refractivity contribution in [2.24, 2.45) is 5.73 Å². The summed E-state index contributed by atoms with van der Waals surface area (Å²) in [5.74, 6) is -0.859. The van der Waals surface area contributed by atoms with Crippen LogP contribution in [0.4, 0.5) is 10.1 Å². The molecule has 0 aliphatic rings. The van der Waals surface area contributed by atoms with Gasteiger partial charge in [0.2, 0.25) is 5.91 Å². The summed E-state index contributed by atoms with van der Waals surface area (Å²) in [5, 5.41) is 3.05. The summed E-state index contributed by atoms with van der Waals surface area (Å²) in [6, 6.07) is 13.4. The summed E-state index contributed by atoms with van der Waals surface area (Å²) in [5.41, 5.74) is 8.75. The van der Waals surface area contributed by atoms with Crippen molar-refractivity contribution in [2.45, 2.75) is 25.4 Å². The summed E-state index contributed by atoms with van der Waals surface area (Å²) in [6.07, 6.45) is 3.26. The highest BCUT2D eigenvalue weighted by atomic mass is 35.5. The van der Waals surface area contributed by atoms with E-state index in [2.05, 4.69) is 10.3 Å². The molecule has 0 aliphatic heterocycles. The molecule has 1 heterocycles. The van der Waals surface area contributed by atoms with Crippen LogP contribution >= 0.6 is 11.6 Å². The molecular weight excluding hydrogens is 431 g/mol. The number of carbonyl (C=O) groups is 2. The van der Waals surface area contributed by atoms with E-state index in [1.54, 1.807) is 61.9 Å². The van der Waals surface area contributed by atoms with Gasteiger partial charge < -0.3 is 16.0 Å². The fraction of sp³-hybridized carbons (Fsp3) is 0.208. The van der Waals surface area contributed by atoms with Gasteiger partial charge in [-0.1, -0.05) is 29.8 Å². The van der Waals surface area contributed by atoms with Crippen LogP contribution in [-0.2, 0) is 4.79 Å². The van der Waals surface area contributed by atoms with E-state index in [1.165, 1.54) is 17.0 Å². The van der Waals surface area contributed by atoms with Gasteiger partial charge in [-0.05, 0) is 54.4 Å². The fourth-order valence-corrected chi connectivity index (χ4v) is 3.56. The van der Waals surface area contributed by atoms with E-state index >= 15 is 0 Å². The van der Waals surface area contributed by atoms with Gasteiger partial charge >= 0.3 is 0 Å². The van der Waals surface area contributed by atoms with Crippen LogP contribution in [0.25, 0.3) is 0 Å². The van der Waals surface area contributed by atoms with Crippen LogP contribution in [0.3, 0.4) is 0 Å². The van der Waals surface area contributed by atoms with Crippen molar-refractivity contribution in [3.63, 3.8) is 0 Å². The number of hydrogen-bond acceptors (Lipinski definition) is 4. The van der Waals surface area contributed by atoms with Crippen LogP contribution in [0.5, 0.6) is 0 Å². The third kappa shape index (κ3) is 5.69. The number of amides is 2. The third-order valence-electron chi connectivity index (χ3n) is 5.32. The van der Waals surface area contributed by atoms with Crippen molar-refractivity contribution in [1.82, 2.24) is 9.88 Å². The molecule has 0 radical (unpaired) electrons. The average Bonchev–Trinajstić information content (AvgIpc) is 2.78. The summed E-state index contributed by atoms with van der Waals surface area (Å²) in [4.78, 5) is 30.6. The topological polar surface area (TPSA) is 88.3 Å². The van der Waals surface area contributed by atoms with Crippen molar-refractivity contribution in [3.8, 4) is 0 Å². The van der Waals surface area contributed by atoms with E-state index in [1.807, 2.05) is 6.92 Å². The number of carbonyl (C=O) groups excluding carboxylic acids is 2. The third-order valence-corrected chi connectivity index (χ3v) is 5.65. The van der Waals surface area contributed by atoms with E-state index in [9.17, 15) is 14.0 Å². The van der Waals surface area contributed by atoms with Crippen LogP contribution in [0.15, 0.2) is 67.0 Å². The molecule has 0 bridgehead atoms. The SMILES string of the molecule is CC(c1ccc(F)cc1Cl)N(C)C(=O)CC(N)c1ccc(C(=O)Nc2ccncc2)cc1. The highest BCUT2D eigenvalue weighted by molar-refractivity contribution is 6.31. The Hall–Kier alpha value is -3.29. The Labute approximate surface area is 191 Å². The van der Waals surface area contributed by atoms with Crippen LogP contribution < -0.4 is 11.1 Å². The smallest absolute Gasteiger partial charge is 0.255 e. The molecule has 32 heavy (non-hydrogen) atoms. The summed E-state index contributed by atoms with van der Waals surface area (Å²) < 4.78 is 13.3. The summed E-state index contributed by atoms with van der Waals surface area (Å²) in [7, 11) is 1.66. The number of rotatable bonds is 7. The number of nitrogens with zero attached hydrogens (tertiary/aromatic N) is 2. The molecule has 0 spiro atoms. The molecular formula is C24H24ClFN4O2. The fourth-order valence-electron chi connectivity index (χ4n) is 3.24. The molecule has 8 heteroatoms. The largest absolute Gasteiger partial charge is 0.339 e. The maximum atomic E-state index is 13.3. The Morgan fingerprint density at radius 1 is 1.12 bits per heavy atom. The van der Waals surface area contributed by atoms with Crippen molar-refractivity contribution >= 4 is 29.1 Å². The van der Waals surface area contributed by atoms with E-state index in [0.717, 1.165) is 5.56 Å². The van der Waals surface area contributed by atoms with Gasteiger partial charge in [0.15, 0.2) is 0 Å². The first kappa shape index (κ1) is 23.4. The van der Waals surface area contributed by atoms with Gasteiger partial charge in [0.25, 0.3) is 5.91 Å². The highest BCUT2D eigenvalue weighted by Gasteiger charge is 2.22. The number of hydrogen-bond donors (Lipinski definition) is 2. The van der Waals surface area contributed by atoms with E-state index in [4.69, 9.17) is 17.3 Å². The molecule has 0 saturated carbocycles. The highest BCUT2D eigenvalue weighted by Crippen LogP contribution is 2.28. The maximum Gasteiger partial charge on any atom is 0.255 e. The number of halogens is 2. The molecule has 0 fully saturated rings. The summed E-state index contributed by atoms with van der Waals surface area (Å²) >= 11 is 6.13. The molecule has 0 saturated heterocycles. The lowest BCUT2D eigenvalue weighted by Crippen LogP contribution is -2.32. The van der Waals surface area contributed by atoms with E-state index in [-0.39, 0.29) is 29.3 Å². The minimum atomic E-state index is -0.543. The van der Waals surface area contributed by atoms with Crippen molar-refractivity contribution in [3.05, 3.63) is 94.5 Å². The van der Waals surface area contributed by atoms with Gasteiger partial charge in [-0.25, -0.2) is 4.39 Å². The lowest BCUT2D eigenvalue weighted by molar-refractivity contribution is -0.132. The Morgan fingerprint density at radius 3 is 2.41 bits per heavy atom. The van der Waals surface area contributed by atoms with Crippen LogP contribution in [-0.4, -0.2) is 28.7 Å². The van der Waals surface area contributed by atoms with Crippen LogP contribution in [0.2, 0.25) is 5.02 Å². The van der Waals surface area contributed by atoms with Gasteiger partial charge in [0.1, 0.15) is 5.82 Å². The van der Waals surface area contributed by atoms with Gasteiger partial charge in [-0.15, -0.1) is 0 Å². The minimum absolute atomic E-state index is 0.0716. The number of anilines is 1. The zero-order chi connectivity index (χ0) is 23.3. The predicted octanol–water partition coefficient (Wildman–Crippen LogP) is 4.74. The second-order valence-electron chi connectivity index (χ2n) is 7.47. The maximum absolute atomic E-state index is 13.3. The van der Waals surface area contributed by atoms with E-state index < -0.39 is 11.9 Å². The lowest BCUT2D eigenvalue weighted by atomic mass is 10.0. The second kappa shape index (κ2) is 10.3. The normalized spacial score (nSPS) is 12.7. The Bertz CT molecular complexity index is 1090. The van der Waals surface area contributed by atoms with Crippen molar-refractivity contribution < 1.29 is 14.0 Å². The zero-order valence-corrected chi connectivity index (χ0v) is 18.5. The first-order valence-corrected chi connectivity index (χ1v) is 10.4. The molecule has 3 N–H and O–H groups in total. The zero-order valence-electron chi connectivity index (χ0n) is 17.8. The first-order chi connectivity index (χ1) is 15.3. The van der Waals surface area contributed by atoms with Gasteiger partial charge in [-0.3, -0.25) is 14.6 Å². The Morgan fingerprint density at radius 2 is 1.78 bits per heavy atom. The number of benzene rings is 2. The van der Waals surface area contributed by atoms with Gasteiger partial charge in [0.05, 0.1) is 6.04 Å². The minimum Gasteiger partial charge on any atom is -0.339 e. The molecule has 6 nitrogen and oxygen atoms in total. The molecule has 0 aliphatic carbocycles. The number of pyridine rings is 1. The summed E-state index contributed by atoms with van der Waals surface area (Å²) in [6.45, 7) is 1.82. The lowest BCUT2D eigenvalue weighted by Gasteiger charge is -2.27.